The molecule has 1 atom stereocenters. The van der Waals surface area contributed by atoms with E-state index in [1.54, 1.807) is 9.47 Å². The van der Waals surface area contributed by atoms with Gasteiger partial charge < -0.3 is 14.6 Å². The van der Waals surface area contributed by atoms with E-state index in [2.05, 4.69) is 15.9 Å². The quantitative estimate of drug-likeness (QED) is 0.848. The molecule has 88 valence electrons. The fourth-order valence-corrected chi connectivity index (χ4v) is 2.56. The first kappa shape index (κ1) is 11.7. The number of hydrogen-bond donors (Lipinski definition) is 1. The molecule has 0 aliphatic carbocycles. The third kappa shape index (κ3) is 2.30. The van der Waals surface area contributed by atoms with Gasteiger partial charge in [-0.25, -0.2) is 0 Å². The number of carbonyl (C=O) groups is 1. The Kier molecular flexibility index (Phi) is 3.35. The molecule has 1 aliphatic heterocycles. The van der Waals surface area contributed by atoms with Crippen molar-refractivity contribution in [1.82, 2.24) is 9.47 Å². The van der Waals surface area contributed by atoms with E-state index in [9.17, 15) is 9.90 Å². The Hall–Kier alpha value is -0.810. The highest BCUT2D eigenvalue weighted by atomic mass is 79.9. The number of piperidine rings is 1. The Morgan fingerprint density at radius 3 is 2.94 bits per heavy atom. The monoisotopic (exact) mass is 286 g/mol. The van der Waals surface area contributed by atoms with E-state index in [-0.39, 0.29) is 12.0 Å². The van der Waals surface area contributed by atoms with Crippen molar-refractivity contribution in [1.29, 1.82) is 0 Å². The standard InChI is InChI=1S/C11H15BrN2O2/c1-13-6-8(12)5-10(13)11(16)14-4-2-3-9(15)7-14/h5-6,9,15H,2-4,7H2,1H3/t9-/m0/s1. The molecule has 1 amide bonds. The lowest BCUT2D eigenvalue weighted by Gasteiger charge is -2.30. The summed E-state index contributed by atoms with van der Waals surface area (Å²) in [6, 6.07) is 1.81. The summed E-state index contributed by atoms with van der Waals surface area (Å²) in [6.07, 6.45) is 3.15. The van der Waals surface area contributed by atoms with Crippen LogP contribution in [0.15, 0.2) is 16.7 Å². The SMILES string of the molecule is Cn1cc(Br)cc1C(=O)N1CCC[C@H](O)C1. The number of nitrogens with zero attached hydrogens (tertiary/aromatic N) is 2. The summed E-state index contributed by atoms with van der Waals surface area (Å²) in [7, 11) is 1.85. The van der Waals surface area contributed by atoms with E-state index in [4.69, 9.17) is 0 Å². The van der Waals surface area contributed by atoms with Gasteiger partial charge in [0.05, 0.1) is 6.10 Å². The molecule has 1 saturated heterocycles. The van der Waals surface area contributed by atoms with Crippen LogP contribution < -0.4 is 0 Å². The molecule has 0 unspecified atom stereocenters. The van der Waals surface area contributed by atoms with Crippen LogP contribution in [0.1, 0.15) is 23.3 Å². The first-order valence-corrected chi connectivity index (χ1v) is 6.16. The number of β-amino-alcohol motifs (C(OH)–C–C–N with tert-alkyl or cyclic N) is 1. The third-order valence-corrected chi connectivity index (χ3v) is 3.31. The first-order chi connectivity index (χ1) is 7.58. The highest BCUT2D eigenvalue weighted by molar-refractivity contribution is 9.10. The molecule has 2 rings (SSSR count). The molecule has 1 aromatic heterocycles. The van der Waals surface area contributed by atoms with Gasteiger partial charge in [-0.15, -0.1) is 0 Å². The van der Waals surface area contributed by atoms with Crippen LogP contribution in [0, 0.1) is 0 Å². The van der Waals surface area contributed by atoms with Gasteiger partial charge in [0.25, 0.3) is 5.91 Å². The zero-order valence-electron chi connectivity index (χ0n) is 9.19. The average Bonchev–Trinajstić information content (AvgIpc) is 2.57. The lowest BCUT2D eigenvalue weighted by molar-refractivity contribution is 0.0466. The molecular formula is C11H15BrN2O2. The number of carbonyl (C=O) groups excluding carboxylic acids is 1. The number of rotatable bonds is 1. The van der Waals surface area contributed by atoms with Crippen molar-refractivity contribution in [2.45, 2.75) is 18.9 Å². The lowest BCUT2D eigenvalue weighted by atomic mass is 10.1. The Balaban J connectivity index is 2.15. The summed E-state index contributed by atoms with van der Waals surface area (Å²) in [5, 5.41) is 9.54. The van der Waals surface area contributed by atoms with Gasteiger partial charge in [-0.05, 0) is 34.8 Å². The molecular weight excluding hydrogens is 272 g/mol. The molecule has 16 heavy (non-hydrogen) atoms. The lowest BCUT2D eigenvalue weighted by Crippen LogP contribution is -2.42. The molecule has 0 radical (unpaired) electrons. The molecule has 0 aromatic carbocycles. The van der Waals surface area contributed by atoms with Gasteiger partial charge in [0.15, 0.2) is 0 Å². The molecule has 0 bridgehead atoms. The number of amides is 1. The van der Waals surface area contributed by atoms with Gasteiger partial charge in [0.2, 0.25) is 0 Å². The second-order valence-corrected chi connectivity index (χ2v) is 5.12. The van der Waals surface area contributed by atoms with Gasteiger partial charge in [-0.3, -0.25) is 4.79 Å². The number of aryl methyl sites for hydroxylation is 1. The van der Waals surface area contributed by atoms with E-state index < -0.39 is 0 Å². The molecule has 2 heterocycles. The Bertz CT molecular complexity index is 403. The molecule has 0 saturated carbocycles. The van der Waals surface area contributed by atoms with Crippen LogP contribution >= 0.6 is 15.9 Å². The summed E-state index contributed by atoms with van der Waals surface area (Å²) in [6.45, 7) is 1.18. The van der Waals surface area contributed by atoms with Crippen LogP contribution in [0.2, 0.25) is 0 Å². The summed E-state index contributed by atoms with van der Waals surface area (Å²) < 4.78 is 2.70. The fourth-order valence-electron chi connectivity index (χ4n) is 2.04. The van der Waals surface area contributed by atoms with Gasteiger partial charge in [-0.1, -0.05) is 0 Å². The minimum atomic E-state index is -0.374. The zero-order chi connectivity index (χ0) is 11.7. The van der Waals surface area contributed by atoms with Gasteiger partial charge in [0.1, 0.15) is 5.69 Å². The maximum atomic E-state index is 12.2. The number of aliphatic hydroxyl groups excluding tert-OH is 1. The van der Waals surface area contributed by atoms with E-state index in [0.29, 0.717) is 12.2 Å². The largest absolute Gasteiger partial charge is 0.391 e. The van der Waals surface area contributed by atoms with Crippen LogP contribution in [-0.4, -0.2) is 39.7 Å². The highest BCUT2D eigenvalue weighted by Crippen LogP contribution is 2.18. The van der Waals surface area contributed by atoms with Crippen molar-refractivity contribution in [2.24, 2.45) is 7.05 Å². The Labute approximate surface area is 103 Å². The van der Waals surface area contributed by atoms with Crippen LogP contribution in [0.5, 0.6) is 0 Å². The minimum absolute atomic E-state index is 0.00745. The predicted molar refractivity (Wildman–Crippen MR) is 64.3 cm³/mol. The topological polar surface area (TPSA) is 45.5 Å². The van der Waals surface area contributed by atoms with Gasteiger partial charge in [-0.2, -0.15) is 0 Å². The maximum Gasteiger partial charge on any atom is 0.270 e. The molecule has 1 fully saturated rings. The van der Waals surface area contributed by atoms with Crippen LogP contribution in [0.25, 0.3) is 0 Å². The van der Waals surface area contributed by atoms with E-state index in [0.717, 1.165) is 23.9 Å². The summed E-state index contributed by atoms with van der Waals surface area (Å²) in [5.41, 5.74) is 0.654. The Morgan fingerprint density at radius 2 is 2.38 bits per heavy atom. The van der Waals surface area contributed by atoms with Crippen molar-refractivity contribution >= 4 is 21.8 Å². The summed E-state index contributed by atoms with van der Waals surface area (Å²) in [5.74, 6) is -0.00745. The summed E-state index contributed by atoms with van der Waals surface area (Å²) in [4.78, 5) is 13.9. The smallest absolute Gasteiger partial charge is 0.270 e. The molecule has 4 nitrogen and oxygen atoms in total. The number of likely N-dealkylation sites (tertiary alicyclic amines) is 1. The normalized spacial score (nSPS) is 21.2. The Morgan fingerprint density at radius 1 is 1.62 bits per heavy atom. The fraction of sp³-hybridized carbons (Fsp3) is 0.545. The third-order valence-electron chi connectivity index (χ3n) is 2.87. The van der Waals surface area contributed by atoms with Crippen molar-refractivity contribution in [3.8, 4) is 0 Å². The number of aliphatic hydroxyl groups is 1. The van der Waals surface area contributed by atoms with Crippen molar-refractivity contribution in [2.75, 3.05) is 13.1 Å². The molecule has 0 spiro atoms. The zero-order valence-corrected chi connectivity index (χ0v) is 10.8. The predicted octanol–water partition coefficient (Wildman–Crippen LogP) is 1.38. The summed E-state index contributed by atoms with van der Waals surface area (Å²) >= 11 is 3.35. The van der Waals surface area contributed by atoms with Gasteiger partial charge >= 0.3 is 0 Å². The molecule has 1 aliphatic rings. The second-order valence-electron chi connectivity index (χ2n) is 4.20. The van der Waals surface area contributed by atoms with Crippen molar-refractivity contribution in [3.63, 3.8) is 0 Å². The van der Waals surface area contributed by atoms with E-state index >= 15 is 0 Å². The molecule has 5 heteroatoms. The van der Waals surface area contributed by atoms with E-state index in [1.807, 2.05) is 19.3 Å². The second kappa shape index (κ2) is 4.59. The van der Waals surface area contributed by atoms with Crippen LogP contribution in [0.3, 0.4) is 0 Å². The van der Waals surface area contributed by atoms with Crippen LogP contribution in [0.4, 0.5) is 0 Å². The van der Waals surface area contributed by atoms with Crippen LogP contribution in [-0.2, 0) is 7.05 Å². The highest BCUT2D eigenvalue weighted by Gasteiger charge is 2.24. The average molecular weight is 287 g/mol. The number of hydrogen-bond acceptors (Lipinski definition) is 2. The van der Waals surface area contributed by atoms with Crippen molar-refractivity contribution in [3.05, 3.63) is 22.4 Å². The number of aromatic nitrogens is 1. The van der Waals surface area contributed by atoms with Crippen molar-refractivity contribution < 1.29 is 9.90 Å². The van der Waals surface area contributed by atoms with E-state index in [1.165, 1.54) is 0 Å². The van der Waals surface area contributed by atoms with Gasteiger partial charge in [0, 0.05) is 30.8 Å². The first-order valence-electron chi connectivity index (χ1n) is 5.37. The molecule has 1 N–H and O–H groups in total. The maximum absolute atomic E-state index is 12.2. The molecule has 1 aromatic rings. The number of halogens is 1. The minimum Gasteiger partial charge on any atom is -0.391 e.